The largest absolute Gasteiger partial charge is 0.478 e. The van der Waals surface area contributed by atoms with E-state index in [-0.39, 0.29) is 11.3 Å². The van der Waals surface area contributed by atoms with Crippen LogP contribution < -0.4 is 5.69 Å². The molecule has 34 heavy (non-hydrogen) atoms. The number of allylic oxidation sites excluding steroid dienone is 1. The molecule has 1 fully saturated rings. The third kappa shape index (κ3) is 5.58. The average molecular weight is 459 g/mol. The molecule has 0 radical (unpaired) electrons. The molecule has 0 atom stereocenters. The van der Waals surface area contributed by atoms with Crippen LogP contribution in [0.2, 0.25) is 0 Å². The third-order valence-corrected chi connectivity index (χ3v) is 6.87. The molecule has 4 rings (SSSR count). The molecule has 1 saturated carbocycles. The normalized spacial score (nSPS) is 14.6. The van der Waals surface area contributed by atoms with E-state index in [1.165, 1.54) is 32.1 Å². The molecule has 0 saturated heterocycles. The maximum Gasteiger partial charge on any atom is 0.336 e. The second-order valence-electron chi connectivity index (χ2n) is 9.27. The molecule has 178 valence electrons. The highest BCUT2D eigenvalue weighted by molar-refractivity contribution is 5.95. The highest BCUT2D eigenvalue weighted by atomic mass is 16.4. The van der Waals surface area contributed by atoms with Crippen molar-refractivity contribution in [1.82, 2.24) is 9.13 Å². The van der Waals surface area contributed by atoms with Gasteiger partial charge in [-0.3, -0.25) is 9.13 Å². The van der Waals surface area contributed by atoms with Crippen LogP contribution in [0.1, 0.15) is 73.5 Å². The maximum atomic E-state index is 13.3. The lowest BCUT2D eigenvalue weighted by atomic mass is 9.87. The zero-order valence-corrected chi connectivity index (χ0v) is 20.0. The van der Waals surface area contributed by atoms with Gasteiger partial charge in [0.2, 0.25) is 0 Å². The standard InChI is InChI=1S/C29H34N2O3/c1-2-3-11-25-21-30(19-18-22-9-5-4-6-10-22)29(34)31(25)20-23-14-16-24(17-15-23)26-12-7-8-13-27(26)28(32)33/h3,7-8,11-17,21-22H,2,4-6,9-10,18-20H2,1H3,(H,32,33). The predicted molar refractivity (Wildman–Crippen MR) is 137 cm³/mol. The monoisotopic (exact) mass is 458 g/mol. The van der Waals surface area contributed by atoms with Gasteiger partial charge in [0.25, 0.3) is 0 Å². The molecule has 0 amide bonds. The first-order valence-electron chi connectivity index (χ1n) is 12.4. The second-order valence-corrected chi connectivity index (χ2v) is 9.27. The van der Waals surface area contributed by atoms with Gasteiger partial charge >= 0.3 is 11.7 Å². The van der Waals surface area contributed by atoms with Gasteiger partial charge < -0.3 is 5.11 Å². The fraction of sp³-hybridized carbons (Fsp3) is 0.379. The highest BCUT2D eigenvalue weighted by Crippen LogP contribution is 2.27. The van der Waals surface area contributed by atoms with Crippen molar-refractivity contribution in [2.45, 2.75) is 65.0 Å². The molecule has 0 spiro atoms. The number of benzene rings is 2. The summed E-state index contributed by atoms with van der Waals surface area (Å²) >= 11 is 0. The summed E-state index contributed by atoms with van der Waals surface area (Å²) in [6.07, 6.45) is 14.7. The van der Waals surface area contributed by atoms with E-state index in [1.807, 2.05) is 57.8 Å². The highest BCUT2D eigenvalue weighted by Gasteiger charge is 2.16. The smallest absolute Gasteiger partial charge is 0.336 e. The van der Waals surface area contributed by atoms with E-state index in [1.54, 1.807) is 12.1 Å². The molecule has 1 aromatic heterocycles. The lowest BCUT2D eigenvalue weighted by molar-refractivity contribution is 0.0697. The lowest BCUT2D eigenvalue weighted by Gasteiger charge is -2.21. The fourth-order valence-electron chi connectivity index (χ4n) is 4.93. The molecular formula is C29H34N2O3. The van der Waals surface area contributed by atoms with Crippen molar-refractivity contribution in [3.05, 3.63) is 88.1 Å². The summed E-state index contributed by atoms with van der Waals surface area (Å²) in [4.78, 5) is 24.8. The average Bonchev–Trinajstić information content (AvgIpc) is 3.16. The molecule has 1 N–H and O–H groups in total. The van der Waals surface area contributed by atoms with Gasteiger partial charge in [0.1, 0.15) is 0 Å². The molecule has 0 unspecified atom stereocenters. The van der Waals surface area contributed by atoms with Gasteiger partial charge in [0.05, 0.1) is 17.8 Å². The van der Waals surface area contributed by atoms with Crippen LogP contribution >= 0.6 is 0 Å². The van der Waals surface area contributed by atoms with E-state index in [2.05, 4.69) is 13.0 Å². The Morgan fingerprint density at radius 1 is 1.06 bits per heavy atom. The SMILES string of the molecule is CCC=Cc1cn(CCC2CCCCC2)c(=O)n1Cc1ccc(-c2ccccc2C(=O)O)cc1. The van der Waals surface area contributed by atoms with Gasteiger partial charge in [-0.15, -0.1) is 0 Å². The van der Waals surface area contributed by atoms with Crippen LogP contribution in [0.4, 0.5) is 0 Å². The van der Waals surface area contributed by atoms with E-state index in [0.717, 1.165) is 42.1 Å². The lowest BCUT2D eigenvalue weighted by Crippen LogP contribution is -2.26. The molecule has 5 nitrogen and oxygen atoms in total. The Kier molecular flexibility index (Phi) is 7.84. The Morgan fingerprint density at radius 2 is 1.79 bits per heavy atom. The summed E-state index contributed by atoms with van der Waals surface area (Å²) in [5.74, 6) is -0.201. The zero-order valence-electron chi connectivity index (χ0n) is 20.0. The number of imidazole rings is 1. The number of aryl methyl sites for hydroxylation is 1. The summed E-state index contributed by atoms with van der Waals surface area (Å²) in [5.41, 5.74) is 3.80. The number of aromatic carboxylic acids is 1. The quantitative estimate of drug-likeness (QED) is 0.400. The number of rotatable bonds is 9. The Labute approximate surface area is 201 Å². The Hall–Kier alpha value is -3.34. The van der Waals surface area contributed by atoms with Crippen LogP contribution in [0.5, 0.6) is 0 Å². The molecule has 5 heteroatoms. The van der Waals surface area contributed by atoms with Gasteiger partial charge in [0, 0.05) is 12.7 Å². The molecule has 1 heterocycles. The number of carboxylic acids is 1. The Balaban J connectivity index is 1.55. The van der Waals surface area contributed by atoms with Crippen molar-refractivity contribution in [1.29, 1.82) is 0 Å². The number of nitrogens with zero attached hydrogens (tertiary/aromatic N) is 2. The van der Waals surface area contributed by atoms with Crippen LogP contribution in [0.25, 0.3) is 17.2 Å². The van der Waals surface area contributed by atoms with Crippen molar-refractivity contribution in [2.24, 2.45) is 5.92 Å². The first kappa shape index (κ1) is 23.8. The molecular weight excluding hydrogens is 424 g/mol. The van der Waals surface area contributed by atoms with Crippen LogP contribution in [0.15, 0.2) is 65.6 Å². The van der Waals surface area contributed by atoms with Gasteiger partial charge in [-0.05, 0) is 47.6 Å². The number of aromatic nitrogens is 2. The van der Waals surface area contributed by atoms with Gasteiger partial charge in [-0.1, -0.05) is 87.6 Å². The van der Waals surface area contributed by atoms with E-state index >= 15 is 0 Å². The van der Waals surface area contributed by atoms with Gasteiger partial charge in [-0.2, -0.15) is 0 Å². The number of hydrogen-bond acceptors (Lipinski definition) is 2. The molecule has 1 aliphatic carbocycles. The summed E-state index contributed by atoms with van der Waals surface area (Å²) in [6, 6.07) is 14.8. The van der Waals surface area contributed by atoms with Crippen LogP contribution in [-0.4, -0.2) is 20.2 Å². The second kappa shape index (κ2) is 11.2. The summed E-state index contributed by atoms with van der Waals surface area (Å²) in [6.45, 7) is 3.35. The Morgan fingerprint density at radius 3 is 2.50 bits per heavy atom. The van der Waals surface area contributed by atoms with Crippen LogP contribution in [0.3, 0.4) is 0 Å². The summed E-state index contributed by atoms with van der Waals surface area (Å²) < 4.78 is 3.72. The van der Waals surface area contributed by atoms with E-state index in [0.29, 0.717) is 12.1 Å². The van der Waals surface area contributed by atoms with E-state index in [4.69, 9.17) is 0 Å². The van der Waals surface area contributed by atoms with E-state index in [9.17, 15) is 14.7 Å². The van der Waals surface area contributed by atoms with Crippen molar-refractivity contribution in [2.75, 3.05) is 0 Å². The predicted octanol–water partition coefficient (Wildman–Crippen LogP) is 6.46. The number of hydrogen-bond donors (Lipinski definition) is 1. The Bertz CT molecular complexity index is 1190. The maximum absolute atomic E-state index is 13.3. The van der Waals surface area contributed by atoms with Gasteiger partial charge in [-0.25, -0.2) is 9.59 Å². The summed E-state index contributed by atoms with van der Waals surface area (Å²) in [5, 5.41) is 9.49. The zero-order chi connectivity index (χ0) is 23.9. The van der Waals surface area contributed by atoms with Crippen molar-refractivity contribution < 1.29 is 9.90 Å². The molecule has 2 aromatic carbocycles. The minimum absolute atomic E-state index is 0.0341. The van der Waals surface area contributed by atoms with Crippen molar-refractivity contribution in [3.63, 3.8) is 0 Å². The molecule has 0 aliphatic heterocycles. The third-order valence-electron chi connectivity index (χ3n) is 6.87. The number of carboxylic acid groups (broad SMARTS) is 1. The minimum Gasteiger partial charge on any atom is -0.478 e. The van der Waals surface area contributed by atoms with Crippen molar-refractivity contribution >= 4 is 12.0 Å². The van der Waals surface area contributed by atoms with Gasteiger partial charge in [0.15, 0.2) is 0 Å². The molecule has 3 aromatic rings. The van der Waals surface area contributed by atoms with Crippen molar-refractivity contribution in [3.8, 4) is 11.1 Å². The molecule has 1 aliphatic rings. The first-order valence-corrected chi connectivity index (χ1v) is 12.4. The summed E-state index contributed by atoms with van der Waals surface area (Å²) in [7, 11) is 0. The minimum atomic E-state index is -0.937. The van der Waals surface area contributed by atoms with E-state index < -0.39 is 5.97 Å². The topological polar surface area (TPSA) is 64.2 Å². The van der Waals surface area contributed by atoms with Crippen LogP contribution in [0, 0.1) is 5.92 Å². The van der Waals surface area contributed by atoms with Crippen LogP contribution in [-0.2, 0) is 13.1 Å². The first-order chi connectivity index (χ1) is 16.6. The fourth-order valence-corrected chi connectivity index (χ4v) is 4.93. The number of carbonyl (C=O) groups is 1. The molecule has 0 bridgehead atoms.